The van der Waals surface area contributed by atoms with E-state index in [1.807, 2.05) is 30.3 Å². The predicted molar refractivity (Wildman–Crippen MR) is 85.1 cm³/mol. The molecule has 6 nitrogen and oxygen atoms in total. The highest BCUT2D eigenvalue weighted by atomic mass is 16.7. The van der Waals surface area contributed by atoms with Gasteiger partial charge in [0.1, 0.15) is 30.3 Å². The van der Waals surface area contributed by atoms with Gasteiger partial charge in [-0.1, -0.05) is 36.9 Å². The molecule has 0 saturated heterocycles. The molecular weight excluding hydrogens is 298 g/mol. The summed E-state index contributed by atoms with van der Waals surface area (Å²) in [4.78, 5) is 16.0. The number of carbonyl (C=O) groups is 1. The molecule has 0 aliphatic carbocycles. The maximum atomic E-state index is 10.8. The predicted octanol–water partition coefficient (Wildman–Crippen LogP) is 2.66. The van der Waals surface area contributed by atoms with Gasteiger partial charge in [0.15, 0.2) is 0 Å². The van der Waals surface area contributed by atoms with Crippen molar-refractivity contribution in [2.45, 2.75) is 0 Å². The van der Waals surface area contributed by atoms with Crippen molar-refractivity contribution < 1.29 is 24.6 Å². The molecule has 0 bridgehead atoms. The van der Waals surface area contributed by atoms with E-state index < -0.39 is 5.97 Å². The summed E-state index contributed by atoms with van der Waals surface area (Å²) in [7, 11) is 0. The number of hydroxylamine groups is 1. The van der Waals surface area contributed by atoms with Crippen molar-refractivity contribution in [1.29, 1.82) is 0 Å². The van der Waals surface area contributed by atoms with Crippen molar-refractivity contribution in [2.75, 3.05) is 13.2 Å². The van der Waals surface area contributed by atoms with Gasteiger partial charge in [-0.3, -0.25) is 10.3 Å². The Morgan fingerprint density at radius 3 is 2.52 bits per heavy atom. The molecule has 0 spiro atoms. The van der Waals surface area contributed by atoms with Gasteiger partial charge in [0.25, 0.3) is 0 Å². The third kappa shape index (κ3) is 4.76. The molecular formula is C17H17NO5. The zero-order valence-electron chi connectivity index (χ0n) is 12.4. The van der Waals surface area contributed by atoms with Gasteiger partial charge < -0.3 is 14.9 Å². The topological polar surface area (TPSA) is 88.0 Å². The fraction of sp³-hybridized carbons (Fsp3) is 0.118. The third-order valence-corrected chi connectivity index (χ3v) is 2.97. The van der Waals surface area contributed by atoms with Crippen LogP contribution in [-0.4, -0.2) is 29.4 Å². The molecule has 0 amide bonds. The molecule has 2 aromatic rings. The fourth-order valence-electron chi connectivity index (χ4n) is 1.82. The number of aromatic hydroxyl groups is 1. The highest BCUT2D eigenvalue weighted by molar-refractivity contribution is 5.90. The van der Waals surface area contributed by atoms with Crippen LogP contribution in [0.15, 0.2) is 55.1 Å². The molecule has 2 aromatic carbocycles. The van der Waals surface area contributed by atoms with Crippen LogP contribution in [0.2, 0.25) is 0 Å². The largest absolute Gasteiger partial charge is 0.507 e. The van der Waals surface area contributed by atoms with Gasteiger partial charge in [-0.2, -0.15) is 0 Å². The molecule has 0 aliphatic rings. The lowest BCUT2D eigenvalue weighted by molar-refractivity contribution is 0.0540. The standard InChI is InChI=1S/C17H17NO5/c1-12(13-5-3-2-4-6-13)18-23-10-9-22-14-7-8-15(17(20)21)16(19)11-14/h2-8,11,18-19H,1,9-10H2,(H,20,21). The number of carboxylic acid groups (broad SMARTS) is 1. The summed E-state index contributed by atoms with van der Waals surface area (Å²) in [5.74, 6) is -1.18. The molecule has 0 saturated carbocycles. The van der Waals surface area contributed by atoms with Crippen molar-refractivity contribution in [1.82, 2.24) is 5.48 Å². The molecule has 23 heavy (non-hydrogen) atoms. The van der Waals surface area contributed by atoms with Crippen LogP contribution in [0.25, 0.3) is 5.70 Å². The normalized spacial score (nSPS) is 10.1. The second kappa shape index (κ2) is 7.86. The Morgan fingerprint density at radius 1 is 1.13 bits per heavy atom. The summed E-state index contributed by atoms with van der Waals surface area (Å²) in [5.41, 5.74) is 4.10. The van der Waals surface area contributed by atoms with Gasteiger partial charge in [0.2, 0.25) is 0 Å². The van der Waals surface area contributed by atoms with Crippen molar-refractivity contribution in [2.24, 2.45) is 0 Å². The number of carboxylic acids is 1. The summed E-state index contributed by atoms with van der Waals surface area (Å²) in [5, 5.41) is 18.4. The second-order valence-electron chi connectivity index (χ2n) is 4.63. The minimum Gasteiger partial charge on any atom is -0.507 e. The van der Waals surface area contributed by atoms with Crippen molar-refractivity contribution in [3.63, 3.8) is 0 Å². The lowest BCUT2D eigenvalue weighted by atomic mass is 10.2. The second-order valence-corrected chi connectivity index (χ2v) is 4.63. The van der Waals surface area contributed by atoms with E-state index in [-0.39, 0.29) is 24.5 Å². The van der Waals surface area contributed by atoms with Crippen molar-refractivity contribution >= 4 is 11.7 Å². The number of hydrogen-bond donors (Lipinski definition) is 3. The average molecular weight is 315 g/mol. The van der Waals surface area contributed by atoms with Gasteiger partial charge in [-0.25, -0.2) is 4.79 Å². The van der Waals surface area contributed by atoms with Gasteiger partial charge in [0, 0.05) is 6.07 Å². The van der Waals surface area contributed by atoms with E-state index in [1.54, 1.807) is 0 Å². The monoisotopic (exact) mass is 315 g/mol. The average Bonchev–Trinajstić information content (AvgIpc) is 2.55. The highest BCUT2D eigenvalue weighted by Gasteiger charge is 2.10. The molecule has 0 heterocycles. The van der Waals surface area contributed by atoms with Crippen LogP contribution >= 0.6 is 0 Å². The lowest BCUT2D eigenvalue weighted by Crippen LogP contribution is -2.17. The molecule has 0 fully saturated rings. The molecule has 3 N–H and O–H groups in total. The number of nitrogens with one attached hydrogen (secondary N) is 1. The number of aromatic carboxylic acids is 1. The first-order valence-corrected chi connectivity index (χ1v) is 6.89. The zero-order chi connectivity index (χ0) is 16.7. The highest BCUT2D eigenvalue weighted by Crippen LogP contribution is 2.23. The Kier molecular flexibility index (Phi) is 5.60. The first-order chi connectivity index (χ1) is 11.1. The summed E-state index contributed by atoms with van der Waals surface area (Å²) in [6, 6.07) is 13.5. The SMILES string of the molecule is C=C(NOCCOc1ccc(C(=O)O)c(O)c1)c1ccccc1. The maximum Gasteiger partial charge on any atom is 0.339 e. The number of hydrogen-bond acceptors (Lipinski definition) is 5. The van der Waals surface area contributed by atoms with E-state index in [0.717, 1.165) is 5.56 Å². The van der Waals surface area contributed by atoms with Crippen LogP contribution in [0.5, 0.6) is 11.5 Å². The summed E-state index contributed by atoms with van der Waals surface area (Å²) < 4.78 is 5.36. The van der Waals surface area contributed by atoms with Crippen LogP contribution in [-0.2, 0) is 4.84 Å². The number of phenols is 1. The van der Waals surface area contributed by atoms with Crippen LogP contribution in [0.3, 0.4) is 0 Å². The first kappa shape index (κ1) is 16.4. The van der Waals surface area contributed by atoms with Gasteiger partial charge in [-0.15, -0.1) is 0 Å². The van der Waals surface area contributed by atoms with E-state index in [1.165, 1.54) is 18.2 Å². The Morgan fingerprint density at radius 2 is 1.87 bits per heavy atom. The van der Waals surface area contributed by atoms with E-state index in [0.29, 0.717) is 11.4 Å². The van der Waals surface area contributed by atoms with Crippen LogP contribution in [0, 0.1) is 0 Å². The molecule has 120 valence electrons. The molecule has 0 radical (unpaired) electrons. The Hall–Kier alpha value is -2.99. The zero-order valence-corrected chi connectivity index (χ0v) is 12.4. The number of ether oxygens (including phenoxy) is 1. The molecule has 6 heteroatoms. The van der Waals surface area contributed by atoms with Gasteiger partial charge in [-0.05, 0) is 17.7 Å². The molecule has 0 atom stereocenters. The Balaban J connectivity index is 1.72. The van der Waals surface area contributed by atoms with Crippen LogP contribution in [0.4, 0.5) is 0 Å². The number of rotatable bonds is 8. The minimum atomic E-state index is -1.19. The Bertz CT molecular complexity index is 685. The quantitative estimate of drug-likeness (QED) is 0.513. The summed E-state index contributed by atoms with van der Waals surface area (Å²) >= 11 is 0. The van der Waals surface area contributed by atoms with E-state index in [9.17, 15) is 9.90 Å². The van der Waals surface area contributed by atoms with E-state index in [4.69, 9.17) is 14.7 Å². The van der Waals surface area contributed by atoms with Crippen molar-refractivity contribution in [3.8, 4) is 11.5 Å². The fourth-order valence-corrected chi connectivity index (χ4v) is 1.82. The lowest BCUT2D eigenvalue weighted by Gasteiger charge is -2.11. The maximum absolute atomic E-state index is 10.8. The Labute approximate surface area is 133 Å². The first-order valence-electron chi connectivity index (χ1n) is 6.89. The van der Waals surface area contributed by atoms with Crippen molar-refractivity contribution in [3.05, 3.63) is 66.2 Å². The van der Waals surface area contributed by atoms with Crippen LogP contribution < -0.4 is 10.2 Å². The molecule has 2 rings (SSSR count). The third-order valence-electron chi connectivity index (χ3n) is 2.97. The van der Waals surface area contributed by atoms with E-state index in [2.05, 4.69) is 12.1 Å². The molecule has 0 aliphatic heterocycles. The van der Waals surface area contributed by atoms with E-state index >= 15 is 0 Å². The number of benzene rings is 2. The van der Waals surface area contributed by atoms with Gasteiger partial charge >= 0.3 is 5.97 Å². The van der Waals surface area contributed by atoms with Gasteiger partial charge in [0.05, 0.1) is 5.70 Å². The van der Waals surface area contributed by atoms with Crippen LogP contribution in [0.1, 0.15) is 15.9 Å². The molecule has 0 unspecified atom stereocenters. The smallest absolute Gasteiger partial charge is 0.339 e. The summed E-state index contributed by atoms with van der Waals surface area (Å²) in [6.45, 7) is 4.32. The summed E-state index contributed by atoms with van der Waals surface area (Å²) in [6.07, 6.45) is 0. The minimum absolute atomic E-state index is 0.172. The molecule has 0 aromatic heterocycles.